The van der Waals surface area contributed by atoms with Gasteiger partial charge in [-0.15, -0.1) is 0 Å². The van der Waals surface area contributed by atoms with Gasteiger partial charge in [0.2, 0.25) is 5.88 Å². The Bertz CT molecular complexity index is 849. The fourth-order valence-electron chi connectivity index (χ4n) is 4.15. The maximum Gasteiger partial charge on any atom is 0.341 e. The number of fused-ring (bicyclic) bond motifs is 2. The van der Waals surface area contributed by atoms with Crippen molar-refractivity contribution < 1.29 is 19.4 Å². The summed E-state index contributed by atoms with van der Waals surface area (Å²) >= 11 is 0. The molecule has 126 valence electrons. The molecule has 6 rings (SSSR count). The summed E-state index contributed by atoms with van der Waals surface area (Å²) in [5.74, 6) is -0.839. The Labute approximate surface area is 138 Å². The molecule has 1 N–H and O–H groups in total. The minimum atomic E-state index is -1.02. The predicted molar refractivity (Wildman–Crippen MR) is 84.3 cm³/mol. The van der Waals surface area contributed by atoms with Gasteiger partial charge in [0.15, 0.2) is 5.65 Å². The zero-order chi connectivity index (χ0) is 16.5. The van der Waals surface area contributed by atoms with Gasteiger partial charge in [-0.3, -0.25) is 4.68 Å². The van der Waals surface area contributed by atoms with E-state index in [0.717, 1.165) is 37.5 Å². The lowest BCUT2D eigenvalue weighted by Crippen LogP contribution is -2.49. The zero-order valence-electron chi connectivity index (χ0n) is 13.5. The van der Waals surface area contributed by atoms with Gasteiger partial charge in [-0.05, 0) is 32.3 Å². The second-order valence-corrected chi connectivity index (χ2v) is 7.62. The number of hydrogen-bond acceptors (Lipinski definition) is 5. The highest BCUT2D eigenvalue weighted by Crippen LogP contribution is 2.55. The normalized spacial score (nSPS) is 31.7. The summed E-state index contributed by atoms with van der Waals surface area (Å²) in [6, 6.07) is 1.62. The minimum Gasteiger partial charge on any atom is -0.477 e. The molecule has 2 aromatic rings. The number of hydrogen-bond donors (Lipinski definition) is 1. The Morgan fingerprint density at radius 3 is 2.83 bits per heavy atom. The summed E-state index contributed by atoms with van der Waals surface area (Å²) in [6.07, 6.45) is 6.85. The standard InChI is InChI=1S/C17H19N3O4/c1-16-7-17(8-16,9-23-16)20-6-10-5-12(15(21)22)14(18-13(10)19-20)24-11-3-2-4-11/h5-6,11H,2-4,7-9H2,1H3,(H,21,22). The molecule has 2 aromatic heterocycles. The number of carboxylic acids is 1. The highest BCUT2D eigenvalue weighted by Gasteiger charge is 2.61. The quantitative estimate of drug-likeness (QED) is 0.926. The van der Waals surface area contributed by atoms with E-state index < -0.39 is 5.97 Å². The van der Waals surface area contributed by atoms with Crippen LogP contribution in [0.3, 0.4) is 0 Å². The number of aromatic carboxylic acids is 1. The van der Waals surface area contributed by atoms with Crippen LogP contribution in [0.25, 0.3) is 11.0 Å². The van der Waals surface area contributed by atoms with Crippen LogP contribution in [-0.2, 0) is 10.3 Å². The molecule has 4 heterocycles. The molecule has 0 unspecified atom stereocenters. The first-order valence-corrected chi connectivity index (χ1v) is 8.41. The molecule has 2 aliphatic heterocycles. The Hall–Kier alpha value is -2.15. The first-order chi connectivity index (χ1) is 11.5. The third-order valence-electron chi connectivity index (χ3n) is 5.60. The van der Waals surface area contributed by atoms with Crippen molar-refractivity contribution in [2.24, 2.45) is 0 Å². The summed E-state index contributed by atoms with van der Waals surface area (Å²) in [5, 5.41) is 14.8. The maximum atomic E-state index is 11.6. The second kappa shape index (κ2) is 4.47. The summed E-state index contributed by atoms with van der Waals surface area (Å²) in [7, 11) is 0. The number of rotatable bonds is 4. The fourth-order valence-corrected chi connectivity index (χ4v) is 4.15. The van der Waals surface area contributed by atoms with Gasteiger partial charge in [0.25, 0.3) is 0 Å². The van der Waals surface area contributed by atoms with Gasteiger partial charge in [0.1, 0.15) is 11.7 Å². The molecule has 2 aliphatic carbocycles. The Kier molecular flexibility index (Phi) is 2.65. The summed E-state index contributed by atoms with van der Waals surface area (Å²) in [6.45, 7) is 2.77. The fraction of sp³-hybridized carbons (Fsp3) is 0.588. The lowest BCUT2D eigenvalue weighted by molar-refractivity contribution is 0.00381. The van der Waals surface area contributed by atoms with E-state index >= 15 is 0 Å². The lowest BCUT2D eigenvalue weighted by Gasteiger charge is -2.42. The lowest BCUT2D eigenvalue weighted by atomic mass is 9.69. The molecule has 7 heteroatoms. The van der Waals surface area contributed by atoms with Crippen LogP contribution in [0.1, 0.15) is 49.4 Å². The molecular weight excluding hydrogens is 310 g/mol. The molecule has 2 saturated heterocycles. The average Bonchev–Trinajstić information content (AvgIpc) is 3.11. The van der Waals surface area contributed by atoms with E-state index in [1.807, 2.05) is 10.9 Å². The largest absolute Gasteiger partial charge is 0.477 e. The summed E-state index contributed by atoms with van der Waals surface area (Å²) < 4.78 is 13.5. The van der Waals surface area contributed by atoms with Crippen molar-refractivity contribution in [2.75, 3.05) is 6.61 Å². The van der Waals surface area contributed by atoms with Crippen LogP contribution in [0.5, 0.6) is 5.88 Å². The molecule has 0 radical (unpaired) electrons. The maximum absolute atomic E-state index is 11.6. The second-order valence-electron chi connectivity index (χ2n) is 7.62. The highest BCUT2D eigenvalue weighted by atomic mass is 16.5. The molecule has 4 aliphatic rings. The predicted octanol–water partition coefficient (Wildman–Crippen LogP) is 2.34. The number of ether oxygens (including phenoxy) is 2. The number of aromatic nitrogens is 3. The number of nitrogens with zero attached hydrogens (tertiary/aromatic N) is 3. The van der Waals surface area contributed by atoms with E-state index in [0.29, 0.717) is 12.3 Å². The molecule has 4 fully saturated rings. The first kappa shape index (κ1) is 14.2. The average molecular weight is 329 g/mol. The summed E-state index contributed by atoms with van der Waals surface area (Å²) in [4.78, 5) is 16.0. The van der Waals surface area contributed by atoms with Crippen molar-refractivity contribution in [3.05, 3.63) is 17.8 Å². The van der Waals surface area contributed by atoms with Gasteiger partial charge in [-0.1, -0.05) is 0 Å². The molecule has 24 heavy (non-hydrogen) atoms. The molecule has 0 aromatic carbocycles. The van der Waals surface area contributed by atoms with Gasteiger partial charge in [-0.2, -0.15) is 10.1 Å². The van der Waals surface area contributed by atoms with Crippen LogP contribution in [0.4, 0.5) is 0 Å². The Morgan fingerprint density at radius 2 is 2.25 bits per heavy atom. The van der Waals surface area contributed by atoms with Crippen LogP contribution in [-0.4, -0.2) is 44.2 Å². The van der Waals surface area contributed by atoms with Crippen LogP contribution >= 0.6 is 0 Å². The van der Waals surface area contributed by atoms with Crippen molar-refractivity contribution in [2.45, 2.75) is 56.3 Å². The van der Waals surface area contributed by atoms with Crippen LogP contribution in [0.15, 0.2) is 12.3 Å². The summed E-state index contributed by atoms with van der Waals surface area (Å²) in [5.41, 5.74) is 0.501. The van der Waals surface area contributed by atoms with Crippen molar-refractivity contribution in [1.29, 1.82) is 0 Å². The molecule has 2 saturated carbocycles. The topological polar surface area (TPSA) is 86.5 Å². The number of carboxylic acid groups (broad SMARTS) is 1. The van der Waals surface area contributed by atoms with E-state index in [1.54, 1.807) is 6.07 Å². The van der Waals surface area contributed by atoms with Crippen molar-refractivity contribution in [1.82, 2.24) is 14.8 Å². The molecule has 7 nitrogen and oxygen atoms in total. The number of pyridine rings is 1. The van der Waals surface area contributed by atoms with Gasteiger partial charge in [-0.25, -0.2) is 4.79 Å². The van der Waals surface area contributed by atoms with E-state index in [1.165, 1.54) is 0 Å². The van der Waals surface area contributed by atoms with E-state index in [9.17, 15) is 9.90 Å². The highest BCUT2D eigenvalue weighted by molar-refractivity contribution is 5.94. The van der Waals surface area contributed by atoms with E-state index in [4.69, 9.17) is 9.47 Å². The van der Waals surface area contributed by atoms with Gasteiger partial charge < -0.3 is 14.6 Å². The molecule has 2 bridgehead atoms. The minimum absolute atomic E-state index is 0.0315. The van der Waals surface area contributed by atoms with Crippen molar-refractivity contribution in [3.8, 4) is 5.88 Å². The van der Waals surface area contributed by atoms with Crippen LogP contribution in [0, 0.1) is 0 Å². The third-order valence-corrected chi connectivity index (χ3v) is 5.60. The number of carbonyl (C=O) groups is 1. The van der Waals surface area contributed by atoms with Gasteiger partial charge in [0, 0.05) is 24.4 Å². The van der Waals surface area contributed by atoms with E-state index in [-0.39, 0.29) is 28.7 Å². The molecule has 0 atom stereocenters. The van der Waals surface area contributed by atoms with Crippen molar-refractivity contribution in [3.63, 3.8) is 0 Å². The third kappa shape index (κ3) is 1.90. The van der Waals surface area contributed by atoms with Crippen LogP contribution < -0.4 is 4.74 Å². The zero-order valence-corrected chi connectivity index (χ0v) is 13.5. The SMILES string of the molecule is CC12CC(n3cc4cc(C(=O)O)c(OC5CCC5)nc4n3)(CO1)C2. The van der Waals surface area contributed by atoms with E-state index in [2.05, 4.69) is 17.0 Å². The van der Waals surface area contributed by atoms with Gasteiger partial charge in [0.05, 0.1) is 17.7 Å². The Morgan fingerprint density at radius 1 is 1.46 bits per heavy atom. The first-order valence-electron chi connectivity index (χ1n) is 8.41. The van der Waals surface area contributed by atoms with Crippen molar-refractivity contribution >= 4 is 17.0 Å². The molecule has 0 amide bonds. The monoisotopic (exact) mass is 329 g/mol. The molecule has 0 spiro atoms. The Balaban J connectivity index is 1.55. The molecular formula is C17H19N3O4. The van der Waals surface area contributed by atoms with Crippen LogP contribution in [0.2, 0.25) is 0 Å². The van der Waals surface area contributed by atoms with Gasteiger partial charge >= 0.3 is 5.97 Å². The smallest absolute Gasteiger partial charge is 0.341 e.